The van der Waals surface area contributed by atoms with Gasteiger partial charge in [0.25, 0.3) is 52.6 Å². The van der Waals surface area contributed by atoms with Crippen molar-refractivity contribution in [3.63, 3.8) is 0 Å². The van der Waals surface area contributed by atoms with Crippen molar-refractivity contribution >= 4 is 52.6 Å². The summed E-state index contributed by atoms with van der Waals surface area (Å²) < 4.78 is 210. The maximum atomic E-state index is 14.3. The van der Waals surface area contributed by atoms with Crippen molar-refractivity contribution in [2.24, 2.45) is 0 Å². The van der Waals surface area contributed by atoms with Crippen LogP contribution in [0.25, 0.3) is 0 Å². The van der Waals surface area contributed by atoms with Gasteiger partial charge >= 0.3 is 0 Å². The smallest absolute Gasteiger partial charge is 0.269 e. The van der Waals surface area contributed by atoms with Crippen LogP contribution in [0.5, 0.6) is 0 Å². The summed E-state index contributed by atoms with van der Waals surface area (Å²) in [6.07, 6.45) is -5.21. The molecule has 1 radical (unpaired) electrons. The first kappa shape index (κ1) is 73.6. The average Bonchev–Trinajstić information content (AvgIpc) is 2.86. The number of likely N-dealkylation sites (N-methyl/N-ethyl adjacent to an activating group) is 1. The summed E-state index contributed by atoms with van der Waals surface area (Å²) in [6.45, 7) is 20.2. The van der Waals surface area contributed by atoms with Gasteiger partial charge in [-0.2, -0.15) is 6.61 Å². The first-order valence-corrected chi connectivity index (χ1v) is 43.2. The molecule has 0 aliphatic carbocycles. The van der Waals surface area contributed by atoms with Crippen LogP contribution >= 0.6 is 52.6 Å². The fourth-order valence-electron chi connectivity index (χ4n) is 10.8. The molecule has 7 unspecified atom stereocenters. The van der Waals surface area contributed by atoms with Gasteiger partial charge in [0, 0.05) is 164 Å². The maximum absolute atomic E-state index is 14.3. The Balaban J connectivity index is 0.0000124. The third-order valence-corrected chi connectivity index (χ3v) is 29.7. The van der Waals surface area contributed by atoms with Crippen molar-refractivity contribution in [1.82, 2.24) is 37.6 Å². The van der Waals surface area contributed by atoms with Crippen molar-refractivity contribution in [3.8, 4) is 0 Å². The van der Waals surface area contributed by atoms with E-state index in [1.165, 1.54) is 62.6 Å². The number of ether oxygens (including phenoxy) is 7. The Bertz CT molecular complexity index is 2600. The minimum absolute atomic E-state index is 0. The normalized spacial score (nSPS) is 37.7. The molecule has 0 bridgehead atoms. The Labute approximate surface area is 539 Å². The van der Waals surface area contributed by atoms with Crippen LogP contribution in [0.4, 0.5) is 0 Å². The van der Waals surface area contributed by atoms with E-state index < -0.39 is 109 Å². The second-order valence-corrected chi connectivity index (χ2v) is 41.3. The van der Waals surface area contributed by atoms with Crippen molar-refractivity contribution in [2.45, 2.75) is 94.8 Å². The molecule has 0 saturated carbocycles. The summed E-state index contributed by atoms with van der Waals surface area (Å²) in [5.74, 6) is 0. The fraction of sp³-hybridized carbons (Fsp3) is 0.980. The Hall–Kier alpha value is 1.83. The molecule has 29 nitrogen and oxygen atoms in total. The van der Waals surface area contributed by atoms with Gasteiger partial charge in [0.05, 0.1) is 129 Å². The van der Waals surface area contributed by atoms with Gasteiger partial charge in [0.1, 0.15) is 0 Å². The van der Waals surface area contributed by atoms with E-state index in [2.05, 4.69) is 4.90 Å². The molecule has 7 aliphatic heterocycles. The van der Waals surface area contributed by atoms with Crippen LogP contribution in [0.15, 0.2) is 0 Å². The third-order valence-electron chi connectivity index (χ3n) is 15.7. The van der Waals surface area contributed by atoms with E-state index in [4.69, 9.17) is 67.6 Å². The molecule has 86 heavy (non-hydrogen) atoms. The zero-order valence-corrected chi connectivity index (χ0v) is 61.9. The number of hydrogen-bond acceptors (Lipinski definition) is 22. The molecule has 37 heteroatoms. The summed E-state index contributed by atoms with van der Waals surface area (Å²) in [5.41, 5.74) is 0. The topological polar surface area (TPSA) is 275 Å². The minimum Gasteiger partial charge on any atom is -0.546 e. The molecule has 7 rings (SSSR count). The molecule has 0 aromatic heterocycles. The van der Waals surface area contributed by atoms with Crippen LogP contribution in [0, 0.1) is 6.61 Å². The monoisotopic (exact) mass is 1450 g/mol. The molecular weight excluding hydrogens is 1340 g/mol. The van der Waals surface area contributed by atoms with Gasteiger partial charge in [-0.3, -0.25) is 36.6 Å². The Morgan fingerprint density at radius 2 is 0.709 bits per heavy atom. The van der Waals surface area contributed by atoms with Gasteiger partial charge in [0.2, 0.25) is 0 Å². The van der Waals surface area contributed by atoms with Crippen LogP contribution < -0.4 is 0 Å². The van der Waals surface area contributed by atoms with Gasteiger partial charge in [-0.1, -0.05) is 6.54 Å². The fourth-order valence-corrected chi connectivity index (χ4v) is 20.6. The van der Waals surface area contributed by atoms with Crippen LogP contribution in [-0.2, 0) is 129 Å². The number of hydrogen-bond donors (Lipinski definition) is 0. The van der Waals surface area contributed by atoms with Gasteiger partial charge in [-0.25, -0.2) is 28.0 Å². The SMILES string of the molecule is [3H][C@@H]1CN(P(C)(=O)OC[C@@H]2CN(P(C)(=O)OC[C@@H]3CN(P(C)(=O)OC[C@@H]4CN(C)C[C@H](C)O4)C[C@H]([3H])O3)C[C@H](C)O2)C[C@@H](COP(C)(=O)N2C[CH-]O[C@H](COP(C)(=O)N3C[C@@H](COP(C)(=O)N4C[C@@H](COP(C)(=O)N(C)C)O[C@@H](C)C4)O[C@@H](C)C3)C2)O1.[Y]. The first-order valence-electron chi connectivity index (χ1n) is 30.2. The zero-order valence-electron chi connectivity index (χ0n) is 54.8. The molecule has 7 aliphatic rings. The van der Waals surface area contributed by atoms with Crippen LogP contribution in [0.2, 0.25) is 0 Å². The summed E-state index contributed by atoms with van der Waals surface area (Å²) in [5, 5.41) is 0. The van der Waals surface area contributed by atoms with Gasteiger partial charge in [0.15, 0.2) is 0 Å². The maximum Gasteiger partial charge on any atom is 0.269 e. The van der Waals surface area contributed by atoms with E-state index in [0.29, 0.717) is 19.6 Å². The Morgan fingerprint density at radius 1 is 0.419 bits per heavy atom. The van der Waals surface area contributed by atoms with Crippen LogP contribution in [-0.4, -0.2) is 324 Å². The second-order valence-electron chi connectivity index (χ2n) is 24.0. The third kappa shape index (κ3) is 23.0. The predicted molar refractivity (Wildman–Crippen MR) is 323 cm³/mol. The number of nitrogens with zero attached hydrogens (tertiary/aromatic N) is 8. The van der Waals surface area contributed by atoms with E-state index in [1.807, 2.05) is 34.7 Å². The molecule has 20 atom stereocenters. The summed E-state index contributed by atoms with van der Waals surface area (Å²) in [4.78, 5) is 2.14. The standard InChI is InChI=1S/C49H100N8O21P7.Y/c1-39-21-51(7)25-46(75-39)35-72-81(10,60)53-16-20-67-45(28-53)34-71-83(12,62)55-22-41(3)77-48(30-55)37-73-82(11,61)54-17-19-65-43(26-54)32-69-80(9,59)52-15-18-66-44(27-52)33-70-84(13,63)56-23-42(4)78-49(31-56)38-74-85(14,64)57-24-40(2)76-47(29-57)36-68-79(8,58)50(5)6;/h18,39-49H,15-17,19-38H2,1-14H3;/q-1;/t39-,40-,41-,42-,43-,44-,45-,46-,47-,48-,49-,79?,80?,81?,82?,83?,84?,85?;/m0./s1/i19T,20T;/t19-,20+,39+,40+,41+,42+,43+,44+,45+,46+,47+,48+,49+,79?,80?,81?,82?,83?,84?,85?;/m1.. The van der Waals surface area contributed by atoms with Gasteiger partial charge in [-0.05, 0) is 48.8 Å². The Morgan fingerprint density at radius 3 is 1.08 bits per heavy atom. The van der Waals surface area contributed by atoms with Crippen LogP contribution in [0.1, 0.15) is 30.4 Å². The average molecular weight is 1450 g/mol. The van der Waals surface area contributed by atoms with Crippen molar-refractivity contribution < 1.29 is 132 Å². The van der Waals surface area contributed by atoms with E-state index in [0.717, 1.165) is 6.54 Å². The zero-order chi connectivity index (χ0) is 64.1. The van der Waals surface area contributed by atoms with Crippen molar-refractivity contribution in [2.75, 3.05) is 219 Å². The summed E-state index contributed by atoms with van der Waals surface area (Å²) >= 11 is 0. The predicted octanol–water partition coefficient (Wildman–Crippen LogP) is 5.67. The van der Waals surface area contributed by atoms with Crippen molar-refractivity contribution in [3.05, 3.63) is 6.61 Å². The van der Waals surface area contributed by atoms with E-state index in [1.54, 1.807) is 37.4 Å². The molecule has 0 N–H and O–H groups in total. The van der Waals surface area contributed by atoms with E-state index >= 15 is 0 Å². The molecule has 0 spiro atoms. The molecule has 7 fully saturated rings. The number of morpholine rings is 7. The quantitative estimate of drug-likeness (QED) is 0.0674. The van der Waals surface area contributed by atoms with Crippen molar-refractivity contribution in [1.29, 1.82) is 0 Å². The molecule has 0 aromatic carbocycles. The van der Waals surface area contributed by atoms with E-state index in [-0.39, 0.29) is 169 Å². The van der Waals surface area contributed by atoms with Gasteiger partial charge in [-0.15, -0.1) is 0 Å². The van der Waals surface area contributed by atoms with E-state index in [9.17, 15) is 32.0 Å². The molecule has 7 heterocycles. The molecule has 0 amide bonds. The molecule has 7 saturated heterocycles. The molecular formula is C49H100N8O21P7Y-. The largest absolute Gasteiger partial charge is 0.546 e. The van der Waals surface area contributed by atoms with Crippen LogP contribution in [0.3, 0.4) is 0 Å². The van der Waals surface area contributed by atoms with Gasteiger partial charge < -0.3 is 69.7 Å². The molecule has 0 aromatic rings. The number of rotatable bonds is 28. The minimum atomic E-state index is -3.62. The first-order chi connectivity index (χ1) is 40.4. The molecule has 501 valence electrons. The second kappa shape index (κ2) is 33.2. The summed E-state index contributed by atoms with van der Waals surface area (Å²) in [7, 11) is -18.6. The summed E-state index contributed by atoms with van der Waals surface area (Å²) in [6, 6.07) is 0. The Kier molecular flexibility index (Phi) is 28.4.